The first kappa shape index (κ1) is 21.1. The molecule has 24 heavy (non-hydrogen) atoms. The van der Waals surface area contributed by atoms with Crippen molar-refractivity contribution in [3.8, 4) is 6.07 Å². The lowest BCUT2D eigenvalue weighted by molar-refractivity contribution is -0.0725. The van der Waals surface area contributed by atoms with Crippen molar-refractivity contribution in [2.45, 2.75) is 88.2 Å². The van der Waals surface area contributed by atoms with Gasteiger partial charge in [0.25, 0.3) is 0 Å². The van der Waals surface area contributed by atoms with E-state index < -0.39 is 5.41 Å². The van der Waals surface area contributed by atoms with Crippen LogP contribution < -0.4 is 0 Å². The average molecular weight is 334 g/mol. The van der Waals surface area contributed by atoms with Crippen LogP contribution in [0, 0.1) is 44.8 Å². The molecule has 2 heteroatoms. The molecule has 138 valence electrons. The van der Waals surface area contributed by atoms with Crippen molar-refractivity contribution in [1.82, 2.24) is 0 Å². The van der Waals surface area contributed by atoms with E-state index >= 15 is 0 Å². The molecule has 0 bridgehead atoms. The molecule has 0 aromatic rings. The SMILES string of the molecule is C=C(O[C@@H]1C[C@H](C)C(C)(C)C[C@H]1C)C(C#N)(C(C)(C)C)C(C)(C)C. The molecule has 0 spiro atoms. The van der Waals surface area contributed by atoms with E-state index in [2.05, 4.69) is 81.9 Å². The molecule has 3 atom stereocenters. The van der Waals surface area contributed by atoms with Crippen LogP contribution in [-0.4, -0.2) is 6.10 Å². The Kier molecular flexibility index (Phi) is 5.62. The monoisotopic (exact) mass is 333 g/mol. The predicted octanol–water partition coefficient (Wildman–Crippen LogP) is 6.58. The molecule has 1 fully saturated rings. The highest BCUT2D eigenvalue weighted by molar-refractivity contribution is 5.26. The number of rotatable bonds is 3. The Morgan fingerprint density at radius 1 is 1.08 bits per heavy atom. The lowest BCUT2D eigenvalue weighted by Gasteiger charge is -2.51. The third-order valence-corrected chi connectivity index (χ3v) is 6.53. The van der Waals surface area contributed by atoms with Crippen LogP contribution in [0.25, 0.3) is 0 Å². The summed E-state index contributed by atoms with van der Waals surface area (Å²) in [6.07, 6.45) is 2.33. The second kappa shape index (κ2) is 6.40. The summed E-state index contributed by atoms with van der Waals surface area (Å²) in [6, 6.07) is 2.60. The molecule has 2 nitrogen and oxygen atoms in total. The van der Waals surface area contributed by atoms with Crippen LogP contribution in [0.5, 0.6) is 0 Å². The van der Waals surface area contributed by atoms with Gasteiger partial charge in [0, 0.05) is 0 Å². The number of nitrogens with zero attached hydrogens (tertiary/aromatic N) is 1. The van der Waals surface area contributed by atoms with Gasteiger partial charge < -0.3 is 4.74 Å². The lowest BCUT2D eigenvalue weighted by Crippen LogP contribution is -2.49. The molecule has 1 saturated carbocycles. The minimum atomic E-state index is -0.726. The maximum Gasteiger partial charge on any atom is 0.123 e. The Balaban J connectivity index is 3.14. The topological polar surface area (TPSA) is 33.0 Å². The Morgan fingerprint density at radius 3 is 1.92 bits per heavy atom. The fourth-order valence-corrected chi connectivity index (χ4v) is 4.86. The van der Waals surface area contributed by atoms with Crippen LogP contribution in [-0.2, 0) is 4.74 Å². The van der Waals surface area contributed by atoms with Crippen LogP contribution in [0.2, 0.25) is 0 Å². The summed E-state index contributed by atoms with van der Waals surface area (Å²) in [5, 5.41) is 10.2. The molecule has 0 aliphatic heterocycles. The molecule has 1 rings (SSSR count). The Labute approximate surface area is 150 Å². The summed E-state index contributed by atoms with van der Waals surface area (Å²) < 4.78 is 6.46. The zero-order valence-corrected chi connectivity index (χ0v) is 17.7. The van der Waals surface area contributed by atoms with Crippen LogP contribution in [0.15, 0.2) is 12.3 Å². The maximum atomic E-state index is 10.2. The molecule has 0 radical (unpaired) electrons. The number of hydrogen-bond donors (Lipinski definition) is 0. The second-order valence-electron chi connectivity index (χ2n) is 10.7. The van der Waals surface area contributed by atoms with Crippen molar-refractivity contribution in [1.29, 1.82) is 5.26 Å². The van der Waals surface area contributed by atoms with Gasteiger partial charge >= 0.3 is 0 Å². The molecule has 1 aliphatic carbocycles. The third-order valence-electron chi connectivity index (χ3n) is 6.53. The fourth-order valence-electron chi connectivity index (χ4n) is 4.86. The summed E-state index contributed by atoms with van der Waals surface area (Å²) in [6.45, 7) is 26.3. The van der Waals surface area contributed by atoms with E-state index in [9.17, 15) is 5.26 Å². The number of nitriles is 1. The highest BCUT2D eigenvalue weighted by atomic mass is 16.5. The van der Waals surface area contributed by atoms with Crippen molar-refractivity contribution < 1.29 is 4.74 Å². The van der Waals surface area contributed by atoms with E-state index in [1.165, 1.54) is 0 Å². The summed E-state index contributed by atoms with van der Waals surface area (Å²) in [5.41, 5.74) is -0.878. The van der Waals surface area contributed by atoms with Crippen molar-refractivity contribution in [3.05, 3.63) is 12.3 Å². The molecule has 0 amide bonds. The van der Waals surface area contributed by atoms with Gasteiger partial charge in [-0.1, -0.05) is 75.8 Å². The standard InChI is InChI=1S/C22H39NO/c1-15-13-21(10,11)16(2)12-18(15)24-17(3)22(14-23,19(4,5)6)20(7,8)9/h15-16,18H,3,12-13H2,1-2,4-11H3/t15-,16+,18-/m1/s1. The van der Waals surface area contributed by atoms with Gasteiger partial charge in [-0.15, -0.1) is 0 Å². The van der Waals surface area contributed by atoms with E-state index in [-0.39, 0.29) is 16.9 Å². The number of ether oxygens (including phenoxy) is 1. The molecular formula is C22H39NO. The average Bonchev–Trinajstić information content (AvgIpc) is 2.33. The van der Waals surface area contributed by atoms with E-state index in [0.29, 0.717) is 23.0 Å². The highest BCUT2D eigenvalue weighted by Crippen LogP contribution is 2.56. The minimum absolute atomic E-state index is 0.151. The maximum absolute atomic E-state index is 10.2. The molecule has 0 saturated heterocycles. The van der Waals surface area contributed by atoms with Crippen molar-refractivity contribution in [3.63, 3.8) is 0 Å². The molecular weight excluding hydrogens is 294 g/mol. The van der Waals surface area contributed by atoms with Gasteiger partial charge in [0.2, 0.25) is 0 Å². The minimum Gasteiger partial charge on any atom is -0.493 e. The van der Waals surface area contributed by atoms with Gasteiger partial charge in [-0.05, 0) is 40.9 Å². The first-order valence-electron chi connectivity index (χ1n) is 9.37. The summed E-state index contributed by atoms with van der Waals surface area (Å²) >= 11 is 0. The Hall–Kier alpha value is -0.970. The summed E-state index contributed by atoms with van der Waals surface area (Å²) in [7, 11) is 0. The molecule has 0 heterocycles. The molecule has 1 aliphatic rings. The molecule has 0 N–H and O–H groups in total. The predicted molar refractivity (Wildman–Crippen MR) is 102 cm³/mol. The van der Waals surface area contributed by atoms with E-state index in [0.717, 1.165) is 12.8 Å². The number of allylic oxidation sites excluding steroid dienone is 1. The van der Waals surface area contributed by atoms with Gasteiger partial charge in [0.05, 0.1) is 6.07 Å². The zero-order chi connectivity index (χ0) is 19.1. The van der Waals surface area contributed by atoms with E-state index in [1.807, 2.05) is 0 Å². The van der Waals surface area contributed by atoms with E-state index in [4.69, 9.17) is 4.74 Å². The summed E-state index contributed by atoms with van der Waals surface area (Å²) in [5.74, 6) is 1.73. The van der Waals surface area contributed by atoms with Gasteiger partial charge in [-0.3, -0.25) is 0 Å². The Morgan fingerprint density at radius 2 is 1.54 bits per heavy atom. The lowest BCUT2D eigenvalue weighted by atomic mass is 9.54. The third kappa shape index (κ3) is 3.51. The quantitative estimate of drug-likeness (QED) is 0.546. The normalized spacial score (nSPS) is 28.1. The zero-order valence-electron chi connectivity index (χ0n) is 17.7. The molecule has 0 aromatic heterocycles. The van der Waals surface area contributed by atoms with Crippen molar-refractivity contribution >= 4 is 0 Å². The fraction of sp³-hybridized carbons (Fsp3) is 0.864. The first-order valence-corrected chi connectivity index (χ1v) is 9.37. The van der Waals surface area contributed by atoms with Gasteiger partial charge in [0.15, 0.2) is 0 Å². The molecule has 0 unspecified atom stereocenters. The highest BCUT2D eigenvalue weighted by Gasteiger charge is 2.55. The van der Waals surface area contributed by atoms with Gasteiger partial charge in [0.1, 0.15) is 17.3 Å². The van der Waals surface area contributed by atoms with Crippen molar-refractivity contribution in [2.75, 3.05) is 0 Å². The summed E-state index contributed by atoms with van der Waals surface area (Å²) in [4.78, 5) is 0. The van der Waals surface area contributed by atoms with Crippen LogP contribution in [0.1, 0.15) is 82.1 Å². The smallest absolute Gasteiger partial charge is 0.123 e. The largest absolute Gasteiger partial charge is 0.493 e. The number of hydrogen-bond acceptors (Lipinski definition) is 2. The Bertz CT molecular complexity index is 496. The van der Waals surface area contributed by atoms with E-state index in [1.54, 1.807) is 0 Å². The van der Waals surface area contributed by atoms with Gasteiger partial charge in [-0.2, -0.15) is 5.26 Å². The van der Waals surface area contributed by atoms with Crippen LogP contribution in [0.4, 0.5) is 0 Å². The molecule has 0 aromatic carbocycles. The van der Waals surface area contributed by atoms with Crippen LogP contribution >= 0.6 is 0 Å². The first-order chi connectivity index (χ1) is 10.6. The second-order valence-corrected chi connectivity index (χ2v) is 10.7. The van der Waals surface area contributed by atoms with Crippen LogP contribution in [0.3, 0.4) is 0 Å². The van der Waals surface area contributed by atoms with Crippen molar-refractivity contribution in [2.24, 2.45) is 33.5 Å². The van der Waals surface area contributed by atoms with Gasteiger partial charge in [-0.25, -0.2) is 0 Å².